The molecular weight excluding hydrogens is 210 g/mol. The van der Waals surface area contributed by atoms with Gasteiger partial charge in [-0.2, -0.15) is 0 Å². The lowest BCUT2D eigenvalue weighted by Gasteiger charge is -1.94. The molecule has 0 spiro atoms. The van der Waals surface area contributed by atoms with E-state index < -0.39 is 0 Å². The van der Waals surface area contributed by atoms with Crippen LogP contribution < -0.4 is 0 Å². The second-order valence-electron chi connectivity index (χ2n) is 3.65. The van der Waals surface area contributed by atoms with Gasteiger partial charge in [0.1, 0.15) is 5.71 Å². The van der Waals surface area contributed by atoms with Crippen molar-refractivity contribution in [2.45, 2.75) is 6.54 Å². The molecule has 3 heteroatoms. The van der Waals surface area contributed by atoms with Gasteiger partial charge in [0.15, 0.2) is 0 Å². The van der Waals surface area contributed by atoms with Crippen molar-refractivity contribution in [3.05, 3.63) is 59.7 Å². The highest BCUT2D eigenvalue weighted by atomic mass is 14.8. The first-order valence-electron chi connectivity index (χ1n) is 5.34. The van der Waals surface area contributed by atoms with Gasteiger partial charge in [0, 0.05) is 29.7 Å². The maximum Gasteiger partial charge on any atom is 0.117 e. The lowest BCUT2D eigenvalue weighted by Crippen LogP contribution is -1.95. The second-order valence-corrected chi connectivity index (χ2v) is 3.65. The highest BCUT2D eigenvalue weighted by Gasteiger charge is 2.13. The van der Waals surface area contributed by atoms with Gasteiger partial charge in [-0.15, -0.1) is 0 Å². The molecule has 80 valence electrons. The van der Waals surface area contributed by atoms with Crippen LogP contribution in [0.5, 0.6) is 0 Å². The number of nitrogens with zero attached hydrogens (tertiary/aromatic N) is 3. The Bertz CT molecular complexity index is 633. The lowest BCUT2D eigenvalue weighted by molar-refractivity contribution is 1.02. The Morgan fingerprint density at radius 3 is 2.76 bits per heavy atom. The minimum absolute atomic E-state index is 0.635. The van der Waals surface area contributed by atoms with Crippen LogP contribution in [0.25, 0.3) is 0 Å². The molecule has 3 heterocycles. The molecule has 0 aliphatic carbocycles. The Morgan fingerprint density at radius 2 is 1.88 bits per heavy atom. The summed E-state index contributed by atoms with van der Waals surface area (Å²) in [4.78, 5) is 12.6. The molecule has 0 saturated heterocycles. The molecule has 1 aliphatic rings. The maximum atomic E-state index is 4.38. The van der Waals surface area contributed by atoms with Gasteiger partial charge in [0.05, 0.1) is 12.2 Å². The molecule has 17 heavy (non-hydrogen) atoms. The normalized spacial score (nSPS) is 12.4. The summed E-state index contributed by atoms with van der Waals surface area (Å²) in [5.74, 6) is 6.17. The minimum Gasteiger partial charge on any atom is -0.269 e. The van der Waals surface area contributed by atoms with Gasteiger partial charge >= 0.3 is 0 Å². The van der Waals surface area contributed by atoms with Gasteiger partial charge in [-0.1, -0.05) is 5.92 Å². The third-order valence-electron chi connectivity index (χ3n) is 2.54. The van der Waals surface area contributed by atoms with Crippen molar-refractivity contribution in [1.29, 1.82) is 0 Å². The summed E-state index contributed by atoms with van der Waals surface area (Å²) in [7, 11) is 0. The van der Waals surface area contributed by atoms with Gasteiger partial charge < -0.3 is 0 Å². The first-order chi connectivity index (χ1) is 8.43. The van der Waals surface area contributed by atoms with Crippen LogP contribution in [0.2, 0.25) is 0 Å². The van der Waals surface area contributed by atoms with Crippen molar-refractivity contribution >= 4 is 5.71 Å². The van der Waals surface area contributed by atoms with E-state index in [4.69, 9.17) is 0 Å². The maximum absolute atomic E-state index is 4.38. The fraction of sp³-hybridized carbons (Fsp3) is 0.0714. The molecule has 0 bridgehead atoms. The van der Waals surface area contributed by atoms with E-state index in [-0.39, 0.29) is 0 Å². The van der Waals surface area contributed by atoms with Crippen molar-refractivity contribution in [3.8, 4) is 11.8 Å². The van der Waals surface area contributed by atoms with Crippen LogP contribution in [0.1, 0.15) is 16.8 Å². The molecule has 2 aromatic heterocycles. The van der Waals surface area contributed by atoms with E-state index in [1.807, 2.05) is 24.3 Å². The summed E-state index contributed by atoms with van der Waals surface area (Å²) in [5.41, 5.74) is 3.82. The molecule has 0 aromatic carbocycles. The van der Waals surface area contributed by atoms with Gasteiger partial charge in [-0.25, -0.2) is 0 Å². The average Bonchev–Trinajstić information content (AvgIpc) is 2.81. The van der Waals surface area contributed by atoms with Gasteiger partial charge in [-0.05, 0) is 30.2 Å². The topological polar surface area (TPSA) is 38.1 Å². The fourth-order valence-corrected chi connectivity index (χ4v) is 1.69. The van der Waals surface area contributed by atoms with Crippen LogP contribution in [-0.4, -0.2) is 15.7 Å². The Morgan fingerprint density at radius 1 is 1.00 bits per heavy atom. The van der Waals surface area contributed by atoms with Crippen molar-refractivity contribution in [3.63, 3.8) is 0 Å². The first kappa shape index (κ1) is 9.73. The Balaban J connectivity index is 1.92. The largest absolute Gasteiger partial charge is 0.269 e. The Kier molecular flexibility index (Phi) is 2.40. The summed E-state index contributed by atoms with van der Waals surface area (Å²) >= 11 is 0. The number of hydrogen-bond acceptors (Lipinski definition) is 3. The first-order valence-corrected chi connectivity index (χ1v) is 5.34. The number of hydrogen-bond donors (Lipinski definition) is 0. The molecule has 0 unspecified atom stereocenters. The molecule has 0 fully saturated rings. The molecule has 0 saturated carbocycles. The number of pyridine rings is 2. The molecule has 0 atom stereocenters. The third kappa shape index (κ3) is 1.93. The Labute approximate surface area is 99.3 Å². The van der Waals surface area contributed by atoms with E-state index in [9.17, 15) is 0 Å². The number of aromatic nitrogens is 2. The SMILES string of the molecule is C(#Cc1ccncc1)C1=NCc2ncccc21. The van der Waals surface area contributed by atoms with Crippen LogP contribution in [0.3, 0.4) is 0 Å². The van der Waals surface area contributed by atoms with Crippen molar-refractivity contribution in [1.82, 2.24) is 9.97 Å². The minimum atomic E-state index is 0.635. The molecule has 0 N–H and O–H groups in total. The van der Waals surface area contributed by atoms with Gasteiger partial charge in [-0.3, -0.25) is 15.0 Å². The van der Waals surface area contributed by atoms with E-state index in [1.54, 1.807) is 18.6 Å². The number of aliphatic imine (C=N–C) groups is 1. The predicted molar refractivity (Wildman–Crippen MR) is 65.6 cm³/mol. The molecule has 0 amide bonds. The molecule has 2 aromatic rings. The van der Waals surface area contributed by atoms with Crippen LogP contribution in [-0.2, 0) is 6.54 Å². The van der Waals surface area contributed by atoms with Crippen molar-refractivity contribution < 1.29 is 0 Å². The highest BCUT2D eigenvalue weighted by molar-refractivity contribution is 6.15. The van der Waals surface area contributed by atoms with Crippen LogP contribution in [0.15, 0.2) is 47.8 Å². The third-order valence-corrected chi connectivity index (χ3v) is 2.54. The second kappa shape index (κ2) is 4.18. The van der Waals surface area contributed by atoms with Crippen LogP contribution >= 0.6 is 0 Å². The van der Waals surface area contributed by atoms with E-state index >= 15 is 0 Å². The fourth-order valence-electron chi connectivity index (χ4n) is 1.69. The van der Waals surface area contributed by atoms with E-state index in [2.05, 4.69) is 26.8 Å². The summed E-state index contributed by atoms with van der Waals surface area (Å²) < 4.78 is 0. The highest BCUT2D eigenvalue weighted by Crippen LogP contribution is 2.15. The molecule has 3 rings (SSSR count). The quantitative estimate of drug-likeness (QED) is 0.634. The van der Waals surface area contributed by atoms with Crippen molar-refractivity contribution in [2.75, 3.05) is 0 Å². The zero-order valence-electron chi connectivity index (χ0n) is 9.09. The van der Waals surface area contributed by atoms with Gasteiger partial charge in [0.2, 0.25) is 0 Å². The smallest absolute Gasteiger partial charge is 0.117 e. The van der Waals surface area contributed by atoms with E-state index in [1.165, 1.54) is 0 Å². The molecule has 3 nitrogen and oxygen atoms in total. The summed E-state index contributed by atoms with van der Waals surface area (Å²) in [6.45, 7) is 0.635. The summed E-state index contributed by atoms with van der Waals surface area (Å²) in [5, 5.41) is 0. The molecular formula is C14H9N3. The lowest BCUT2D eigenvalue weighted by atomic mass is 10.1. The number of rotatable bonds is 0. The molecule has 0 radical (unpaired) electrons. The standard InChI is InChI=1S/C14H9N3/c1-2-12-13(17-10-14(12)16-7-1)4-3-11-5-8-15-9-6-11/h1-2,5-9H,10H2. The van der Waals surface area contributed by atoms with Crippen LogP contribution in [0, 0.1) is 11.8 Å². The monoisotopic (exact) mass is 219 g/mol. The predicted octanol–water partition coefficient (Wildman–Crippen LogP) is 1.83. The van der Waals surface area contributed by atoms with E-state index in [0.29, 0.717) is 6.54 Å². The number of fused-ring (bicyclic) bond motifs is 1. The van der Waals surface area contributed by atoms with Crippen LogP contribution in [0.4, 0.5) is 0 Å². The summed E-state index contributed by atoms with van der Waals surface area (Å²) in [6, 6.07) is 7.68. The summed E-state index contributed by atoms with van der Waals surface area (Å²) in [6.07, 6.45) is 5.25. The van der Waals surface area contributed by atoms with E-state index in [0.717, 1.165) is 22.5 Å². The average molecular weight is 219 g/mol. The molecule has 1 aliphatic heterocycles. The van der Waals surface area contributed by atoms with Gasteiger partial charge in [0.25, 0.3) is 0 Å². The Hall–Kier alpha value is -2.47. The zero-order chi connectivity index (χ0) is 11.5. The zero-order valence-corrected chi connectivity index (χ0v) is 9.09. The van der Waals surface area contributed by atoms with Crippen molar-refractivity contribution in [2.24, 2.45) is 4.99 Å².